The van der Waals surface area contributed by atoms with Crippen LogP contribution in [0.1, 0.15) is 38.5 Å². The Labute approximate surface area is 161 Å². The lowest BCUT2D eigenvalue weighted by atomic mass is 9.86. The number of aromatic nitrogens is 3. The van der Waals surface area contributed by atoms with E-state index in [0.29, 0.717) is 23.1 Å². The zero-order chi connectivity index (χ0) is 17.2. The van der Waals surface area contributed by atoms with Gasteiger partial charge in [-0.05, 0) is 66.3 Å². The van der Waals surface area contributed by atoms with Gasteiger partial charge in [-0.25, -0.2) is 15.0 Å². The van der Waals surface area contributed by atoms with Crippen LogP contribution in [0, 0.1) is 11.8 Å². The van der Waals surface area contributed by atoms with Gasteiger partial charge in [-0.2, -0.15) is 0 Å². The summed E-state index contributed by atoms with van der Waals surface area (Å²) in [7, 11) is 0. The zero-order valence-corrected chi connectivity index (χ0v) is 16.4. The molecule has 0 amide bonds. The van der Waals surface area contributed by atoms with E-state index in [1.54, 1.807) is 12.4 Å². The van der Waals surface area contributed by atoms with Crippen LogP contribution >= 0.6 is 27.5 Å². The summed E-state index contributed by atoms with van der Waals surface area (Å²) >= 11 is 9.59. The van der Waals surface area contributed by atoms with E-state index in [1.807, 2.05) is 0 Å². The maximum atomic E-state index is 6.11. The summed E-state index contributed by atoms with van der Waals surface area (Å²) < 4.78 is 6.68. The number of nitrogens with zero attached hydrogens (tertiary/aromatic N) is 3. The van der Waals surface area contributed by atoms with Gasteiger partial charge in [0, 0.05) is 31.6 Å². The van der Waals surface area contributed by atoms with Gasteiger partial charge in [0.2, 0.25) is 5.95 Å². The minimum absolute atomic E-state index is 0.424. The molecule has 4 rings (SSSR count). The summed E-state index contributed by atoms with van der Waals surface area (Å²) in [5.41, 5.74) is 0.791. The molecule has 2 aromatic heterocycles. The van der Waals surface area contributed by atoms with Gasteiger partial charge in [-0.15, -0.1) is 0 Å². The van der Waals surface area contributed by atoms with Crippen LogP contribution in [0.25, 0.3) is 10.9 Å². The van der Waals surface area contributed by atoms with Gasteiger partial charge in [0.15, 0.2) is 0 Å². The Morgan fingerprint density at radius 1 is 1.04 bits per heavy atom. The Morgan fingerprint density at radius 2 is 1.72 bits per heavy atom. The van der Waals surface area contributed by atoms with E-state index in [2.05, 4.69) is 36.2 Å². The fourth-order valence-electron chi connectivity index (χ4n) is 3.37. The average Bonchev–Trinajstić information content (AvgIpc) is 3.44. The fourth-order valence-corrected chi connectivity index (χ4v) is 3.96. The van der Waals surface area contributed by atoms with Crippen LogP contribution in [-0.4, -0.2) is 34.2 Å². The van der Waals surface area contributed by atoms with E-state index in [9.17, 15) is 0 Å². The second-order valence-corrected chi connectivity index (χ2v) is 8.41. The Hall–Kier alpha value is -0.980. The molecule has 134 valence electrons. The molecule has 0 bridgehead atoms. The van der Waals surface area contributed by atoms with Gasteiger partial charge in [-0.3, -0.25) is 0 Å². The zero-order valence-electron chi connectivity index (χ0n) is 14.0. The third-order valence-corrected chi connectivity index (χ3v) is 5.99. The second kappa shape index (κ2) is 7.72. The molecule has 1 N–H and O–H groups in total. The van der Waals surface area contributed by atoms with Crippen LogP contribution in [-0.2, 0) is 4.74 Å². The Morgan fingerprint density at radius 3 is 2.40 bits per heavy atom. The molecule has 2 fully saturated rings. The number of nitrogens with one attached hydrogen (secondary N) is 1. The van der Waals surface area contributed by atoms with Gasteiger partial charge in [0.1, 0.15) is 5.15 Å². The monoisotopic (exact) mass is 424 g/mol. The minimum Gasteiger partial charge on any atom is -0.381 e. The Balaban J connectivity index is 1.32. The first kappa shape index (κ1) is 17.4. The van der Waals surface area contributed by atoms with Gasteiger partial charge in [-0.1, -0.05) is 11.6 Å². The standard InChI is InChI=1S/C18H22BrClN4O/c19-15-8-21-17(20)14-7-22-18(24-16(14)15)23-13-5-3-12(4-6-13)10-25-9-11-1-2-11/h7-8,11-13H,1-6,9-10H2,(H,22,23,24). The molecule has 0 aliphatic heterocycles. The molecule has 2 aromatic rings. The fraction of sp³-hybridized carbons (Fsp3) is 0.611. The first-order valence-corrected chi connectivity index (χ1v) is 10.2. The maximum absolute atomic E-state index is 6.11. The first-order valence-electron chi connectivity index (χ1n) is 9.00. The molecule has 25 heavy (non-hydrogen) atoms. The number of rotatable bonds is 6. The van der Waals surface area contributed by atoms with Crippen molar-refractivity contribution in [2.24, 2.45) is 11.8 Å². The molecule has 2 heterocycles. The molecule has 2 aliphatic carbocycles. The minimum atomic E-state index is 0.424. The van der Waals surface area contributed by atoms with Crippen molar-refractivity contribution in [1.29, 1.82) is 0 Å². The molecule has 2 saturated carbocycles. The van der Waals surface area contributed by atoms with Crippen LogP contribution in [0.3, 0.4) is 0 Å². The van der Waals surface area contributed by atoms with Crippen LogP contribution in [0.5, 0.6) is 0 Å². The number of fused-ring (bicyclic) bond motifs is 1. The van der Waals surface area contributed by atoms with Gasteiger partial charge < -0.3 is 10.1 Å². The predicted molar refractivity (Wildman–Crippen MR) is 103 cm³/mol. The molecule has 0 aromatic carbocycles. The van der Waals surface area contributed by atoms with Crippen LogP contribution in [0.15, 0.2) is 16.9 Å². The number of anilines is 1. The third-order valence-electron chi connectivity index (χ3n) is 5.11. The molecular formula is C18H22BrClN4O. The molecule has 0 spiro atoms. The molecule has 5 nitrogen and oxygen atoms in total. The smallest absolute Gasteiger partial charge is 0.223 e. The van der Waals surface area contributed by atoms with Crippen molar-refractivity contribution < 1.29 is 4.74 Å². The van der Waals surface area contributed by atoms with Crippen molar-refractivity contribution in [2.45, 2.75) is 44.6 Å². The summed E-state index contributed by atoms with van der Waals surface area (Å²) in [6.07, 6.45) is 10.8. The lowest BCUT2D eigenvalue weighted by molar-refractivity contribution is 0.0768. The van der Waals surface area contributed by atoms with Crippen molar-refractivity contribution in [3.8, 4) is 0 Å². The number of ether oxygens (including phenoxy) is 1. The largest absolute Gasteiger partial charge is 0.381 e. The van der Waals surface area contributed by atoms with Crippen molar-refractivity contribution in [3.05, 3.63) is 22.0 Å². The normalized spacial score (nSPS) is 23.8. The second-order valence-electron chi connectivity index (χ2n) is 7.20. The molecular weight excluding hydrogens is 404 g/mol. The summed E-state index contributed by atoms with van der Waals surface area (Å²) in [4.78, 5) is 13.1. The lowest BCUT2D eigenvalue weighted by Gasteiger charge is -2.29. The summed E-state index contributed by atoms with van der Waals surface area (Å²) in [6.45, 7) is 1.89. The van der Waals surface area contributed by atoms with Crippen LogP contribution < -0.4 is 5.32 Å². The van der Waals surface area contributed by atoms with Crippen LogP contribution in [0.4, 0.5) is 5.95 Å². The summed E-state index contributed by atoms with van der Waals surface area (Å²) in [6, 6.07) is 0.424. The molecule has 0 saturated heterocycles. The highest BCUT2D eigenvalue weighted by Gasteiger charge is 2.24. The van der Waals surface area contributed by atoms with E-state index < -0.39 is 0 Å². The molecule has 0 unspecified atom stereocenters. The van der Waals surface area contributed by atoms with E-state index >= 15 is 0 Å². The Kier molecular flexibility index (Phi) is 5.39. The molecule has 0 radical (unpaired) electrons. The SMILES string of the molecule is Clc1ncc(Br)c2nc(NC3CCC(COCC4CC4)CC3)ncc12. The highest BCUT2D eigenvalue weighted by molar-refractivity contribution is 9.10. The number of hydrogen-bond acceptors (Lipinski definition) is 5. The first-order chi connectivity index (χ1) is 12.2. The van der Waals surface area contributed by atoms with Crippen molar-refractivity contribution in [3.63, 3.8) is 0 Å². The van der Waals surface area contributed by atoms with Crippen molar-refractivity contribution in [1.82, 2.24) is 15.0 Å². The number of halogens is 2. The van der Waals surface area contributed by atoms with Gasteiger partial charge >= 0.3 is 0 Å². The average molecular weight is 426 g/mol. The Bertz CT molecular complexity index is 747. The van der Waals surface area contributed by atoms with Gasteiger partial charge in [0.05, 0.1) is 15.4 Å². The van der Waals surface area contributed by atoms with Gasteiger partial charge in [0.25, 0.3) is 0 Å². The predicted octanol–water partition coefficient (Wildman–Crippen LogP) is 4.84. The summed E-state index contributed by atoms with van der Waals surface area (Å²) in [5.74, 6) is 2.21. The highest BCUT2D eigenvalue weighted by atomic mass is 79.9. The lowest BCUT2D eigenvalue weighted by Crippen LogP contribution is -2.28. The number of pyridine rings is 1. The highest BCUT2D eigenvalue weighted by Crippen LogP contribution is 2.31. The van der Waals surface area contributed by atoms with Crippen molar-refractivity contribution >= 4 is 44.4 Å². The van der Waals surface area contributed by atoms with Crippen LogP contribution in [0.2, 0.25) is 5.15 Å². The molecule has 2 aliphatic rings. The van der Waals surface area contributed by atoms with E-state index in [4.69, 9.17) is 16.3 Å². The van der Waals surface area contributed by atoms with Crippen molar-refractivity contribution in [2.75, 3.05) is 18.5 Å². The third kappa shape index (κ3) is 4.41. The van der Waals surface area contributed by atoms with E-state index in [0.717, 1.165) is 47.3 Å². The number of hydrogen-bond donors (Lipinski definition) is 1. The van der Waals surface area contributed by atoms with E-state index in [-0.39, 0.29) is 0 Å². The quantitative estimate of drug-likeness (QED) is 0.671. The topological polar surface area (TPSA) is 59.9 Å². The molecule has 7 heteroatoms. The maximum Gasteiger partial charge on any atom is 0.223 e. The molecule has 0 atom stereocenters. The summed E-state index contributed by atoms with van der Waals surface area (Å²) in [5, 5.41) is 4.67. The van der Waals surface area contributed by atoms with E-state index in [1.165, 1.54) is 25.7 Å².